The highest BCUT2D eigenvalue weighted by Crippen LogP contribution is 2.35. The molecule has 4 nitrogen and oxygen atoms in total. The number of carbonyl (C=O) groups is 1. The van der Waals surface area contributed by atoms with E-state index in [4.69, 9.17) is 4.74 Å². The van der Waals surface area contributed by atoms with Gasteiger partial charge in [0.25, 0.3) is 0 Å². The van der Waals surface area contributed by atoms with Crippen LogP contribution >= 0.6 is 0 Å². The smallest absolute Gasteiger partial charge is 0.337 e. The molecule has 4 heteroatoms. The van der Waals surface area contributed by atoms with Gasteiger partial charge in [-0.2, -0.15) is 0 Å². The van der Waals surface area contributed by atoms with Gasteiger partial charge in [0, 0.05) is 18.7 Å². The highest BCUT2D eigenvalue weighted by molar-refractivity contribution is 5.95. The van der Waals surface area contributed by atoms with Crippen LogP contribution in [0.3, 0.4) is 0 Å². The highest BCUT2D eigenvalue weighted by Gasteiger charge is 2.31. The fourth-order valence-electron chi connectivity index (χ4n) is 3.09. The Kier molecular flexibility index (Phi) is 4.21. The number of aromatic carboxylic acids is 1. The van der Waals surface area contributed by atoms with Gasteiger partial charge in [0.2, 0.25) is 0 Å². The Morgan fingerprint density at radius 3 is 2.65 bits per heavy atom. The summed E-state index contributed by atoms with van der Waals surface area (Å²) < 4.78 is 5.25. The second-order valence-corrected chi connectivity index (χ2v) is 5.90. The first-order valence-corrected chi connectivity index (χ1v) is 7.12. The lowest BCUT2D eigenvalue weighted by Crippen LogP contribution is -2.46. The van der Waals surface area contributed by atoms with E-state index >= 15 is 0 Å². The molecule has 0 radical (unpaired) electrons. The number of nitrogens with zero attached hydrogens (tertiary/aromatic N) is 1. The van der Waals surface area contributed by atoms with Crippen molar-refractivity contribution in [1.82, 2.24) is 0 Å². The summed E-state index contributed by atoms with van der Waals surface area (Å²) in [5, 5.41) is 9.41. The molecule has 0 spiro atoms. The van der Waals surface area contributed by atoms with E-state index in [-0.39, 0.29) is 0 Å². The Hall–Kier alpha value is -1.71. The van der Waals surface area contributed by atoms with E-state index in [0.717, 1.165) is 12.2 Å². The second-order valence-electron chi connectivity index (χ2n) is 5.90. The molecule has 0 aliphatic carbocycles. The standard InChI is InChI=1S/C16H23NO3/c1-10-7-11(2)12(3)17(9-10)15-8-13(20-4)5-6-14(15)16(18)19/h5-6,8,10-12H,7,9H2,1-4H3,(H,18,19). The molecule has 0 amide bonds. The van der Waals surface area contributed by atoms with E-state index in [1.165, 1.54) is 6.42 Å². The molecule has 1 aliphatic rings. The number of benzene rings is 1. The average Bonchev–Trinajstić information content (AvgIpc) is 2.42. The molecule has 1 N–H and O–H groups in total. The van der Waals surface area contributed by atoms with Gasteiger partial charge in [0.05, 0.1) is 18.4 Å². The zero-order valence-corrected chi connectivity index (χ0v) is 12.6. The van der Waals surface area contributed by atoms with E-state index in [2.05, 4.69) is 25.7 Å². The van der Waals surface area contributed by atoms with Crippen molar-refractivity contribution in [1.29, 1.82) is 0 Å². The molecule has 1 aromatic rings. The Labute approximate surface area is 120 Å². The number of hydrogen-bond acceptors (Lipinski definition) is 3. The lowest BCUT2D eigenvalue weighted by atomic mass is 9.85. The minimum atomic E-state index is -0.888. The molecule has 3 atom stereocenters. The summed E-state index contributed by atoms with van der Waals surface area (Å²) >= 11 is 0. The minimum Gasteiger partial charge on any atom is -0.497 e. The van der Waals surface area contributed by atoms with Gasteiger partial charge in [-0.05, 0) is 37.3 Å². The molecule has 110 valence electrons. The van der Waals surface area contributed by atoms with Gasteiger partial charge in [0.15, 0.2) is 0 Å². The molecule has 0 bridgehead atoms. The fraction of sp³-hybridized carbons (Fsp3) is 0.562. The molecule has 3 unspecified atom stereocenters. The third-order valence-corrected chi connectivity index (χ3v) is 4.34. The summed E-state index contributed by atoms with van der Waals surface area (Å²) in [7, 11) is 1.60. The summed E-state index contributed by atoms with van der Waals surface area (Å²) in [4.78, 5) is 13.7. The monoisotopic (exact) mass is 277 g/mol. The van der Waals surface area contributed by atoms with Crippen LogP contribution in [0.2, 0.25) is 0 Å². The number of ether oxygens (including phenoxy) is 1. The van der Waals surface area contributed by atoms with E-state index in [0.29, 0.717) is 29.2 Å². The number of hydrogen-bond donors (Lipinski definition) is 1. The molecule has 2 rings (SSSR count). The van der Waals surface area contributed by atoms with Crippen LogP contribution in [0.4, 0.5) is 5.69 Å². The topological polar surface area (TPSA) is 49.8 Å². The Morgan fingerprint density at radius 1 is 1.35 bits per heavy atom. The number of carboxylic acids is 1. The number of piperidine rings is 1. The van der Waals surface area contributed by atoms with E-state index in [1.807, 2.05) is 6.07 Å². The van der Waals surface area contributed by atoms with Crippen LogP contribution in [-0.4, -0.2) is 30.8 Å². The van der Waals surface area contributed by atoms with Crippen LogP contribution in [0.5, 0.6) is 5.75 Å². The van der Waals surface area contributed by atoms with Gasteiger partial charge in [-0.1, -0.05) is 13.8 Å². The van der Waals surface area contributed by atoms with E-state index in [9.17, 15) is 9.90 Å². The van der Waals surface area contributed by atoms with Crippen LogP contribution in [0.15, 0.2) is 18.2 Å². The minimum absolute atomic E-state index is 0.330. The van der Waals surface area contributed by atoms with Crippen molar-refractivity contribution in [3.05, 3.63) is 23.8 Å². The molecule has 1 saturated heterocycles. The van der Waals surface area contributed by atoms with Crippen molar-refractivity contribution in [3.63, 3.8) is 0 Å². The molecule has 1 heterocycles. The summed E-state index contributed by atoms with van der Waals surface area (Å²) in [6, 6.07) is 5.50. The van der Waals surface area contributed by atoms with Crippen LogP contribution < -0.4 is 9.64 Å². The normalized spacial score (nSPS) is 26.4. The highest BCUT2D eigenvalue weighted by atomic mass is 16.5. The van der Waals surface area contributed by atoms with Crippen molar-refractivity contribution < 1.29 is 14.6 Å². The lowest BCUT2D eigenvalue weighted by Gasteiger charge is -2.43. The maximum Gasteiger partial charge on any atom is 0.337 e. The van der Waals surface area contributed by atoms with Crippen molar-refractivity contribution in [2.24, 2.45) is 11.8 Å². The predicted molar refractivity (Wildman–Crippen MR) is 79.7 cm³/mol. The Morgan fingerprint density at radius 2 is 2.05 bits per heavy atom. The number of methoxy groups -OCH3 is 1. The van der Waals surface area contributed by atoms with Gasteiger partial charge in [-0.3, -0.25) is 0 Å². The van der Waals surface area contributed by atoms with Gasteiger partial charge < -0.3 is 14.7 Å². The van der Waals surface area contributed by atoms with E-state index in [1.54, 1.807) is 19.2 Å². The van der Waals surface area contributed by atoms with Crippen LogP contribution in [-0.2, 0) is 0 Å². The second kappa shape index (κ2) is 5.73. The molecule has 1 aromatic carbocycles. The van der Waals surface area contributed by atoms with E-state index < -0.39 is 5.97 Å². The SMILES string of the molecule is COc1ccc(C(=O)O)c(N2CC(C)CC(C)C2C)c1. The van der Waals surface area contributed by atoms with Crippen molar-refractivity contribution in [2.45, 2.75) is 33.2 Å². The molecular formula is C16H23NO3. The van der Waals surface area contributed by atoms with Crippen molar-refractivity contribution in [2.75, 3.05) is 18.6 Å². The zero-order chi connectivity index (χ0) is 14.9. The summed E-state index contributed by atoms with van der Waals surface area (Å²) in [6.45, 7) is 7.50. The largest absolute Gasteiger partial charge is 0.497 e. The summed E-state index contributed by atoms with van der Waals surface area (Å²) in [5.74, 6) is 0.921. The fourth-order valence-corrected chi connectivity index (χ4v) is 3.09. The van der Waals surface area contributed by atoms with Gasteiger partial charge in [0.1, 0.15) is 5.75 Å². The maximum atomic E-state index is 11.5. The summed E-state index contributed by atoms with van der Waals surface area (Å²) in [5.41, 5.74) is 1.11. The molecule has 20 heavy (non-hydrogen) atoms. The van der Waals surface area contributed by atoms with Gasteiger partial charge in [-0.15, -0.1) is 0 Å². The average molecular weight is 277 g/mol. The van der Waals surface area contributed by atoms with Crippen LogP contribution in [0.1, 0.15) is 37.6 Å². The third kappa shape index (κ3) is 2.74. The van der Waals surface area contributed by atoms with Crippen LogP contribution in [0.25, 0.3) is 0 Å². The maximum absolute atomic E-state index is 11.5. The molecule has 0 saturated carbocycles. The molecule has 0 aromatic heterocycles. The summed E-state index contributed by atoms with van der Waals surface area (Å²) in [6.07, 6.45) is 1.18. The first-order chi connectivity index (χ1) is 9.43. The first-order valence-electron chi connectivity index (χ1n) is 7.12. The lowest BCUT2D eigenvalue weighted by molar-refractivity contribution is 0.0697. The van der Waals surface area contributed by atoms with Crippen LogP contribution in [0, 0.1) is 11.8 Å². The van der Waals surface area contributed by atoms with Crippen molar-refractivity contribution in [3.8, 4) is 5.75 Å². The third-order valence-electron chi connectivity index (χ3n) is 4.34. The molecular weight excluding hydrogens is 254 g/mol. The molecule has 1 fully saturated rings. The van der Waals surface area contributed by atoms with Gasteiger partial charge in [-0.25, -0.2) is 4.79 Å². The first kappa shape index (κ1) is 14.7. The van der Waals surface area contributed by atoms with Gasteiger partial charge >= 0.3 is 5.97 Å². The number of rotatable bonds is 3. The number of anilines is 1. The number of carboxylic acid groups (broad SMARTS) is 1. The Balaban J connectivity index is 2.45. The van der Waals surface area contributed by atoms with Crippen molar-refractivity contribution >= 4 is 11.7 Å². The Bertz CT molecular complexity index is 500. The molecule has 1 aliphatic heterocycles. The predicted octanol–water partition coefficient (Wildman–Crippen LogP) is 3.26. The zero-order valence-electron chi connectivity index (χ0n) is 12.6. The quantitative estimate of drug-likeness (QED) is 0.921.